The first-order chi connectivity index (χ1) is 12.3. The molecule has 4 aromatic rings. The molecule has 0 aliphatic heterocycles. The van der Waals surface area contributed by atoms with E-state index in [0.29, 0.717) is 0 Å². The van der Waals surface area contributed by atoms with Crippen LogP contribution in [-0.2, 0) is 0 Å². The lowest BCUT2D eigenvalue weighted by atomic mass is 10.1. The van der Waals surface area contributed by atoms with E-state index in [-0.39, 0.29) is 0 Å². The third-order valence-electron chi connectivity index (χ3n) is 4.09. The van der Waals surface area contributed by atoms with Crippen LogP contribution in [0.25, 0.3) is 16.9 Å². The second-order valence-corrected chi connectivity index (χ2v) is 6.22. The van der Waals surface area contributed by atoms with Gasteiger partial charge in [-0.25, -0.2) is 0 Å². The molecule has 1 aromatic heterocycles. The minimum Gasteiger partial charge on any atom is -0.354 e. The normalized spacial score (nSPS) is 10.6. The monoisotopic (exact) mass is 344 g/mol. The molecule has 4 rings (SSSR count). The van der Waals surface area contributed by atoms with Crippen LogP contribution in [0.1, 0.15) is 0 Å². The Kier molecular flexibility index (Phi) is 4.28. The number of nitrogens with one attached hydrogen (secondary N) is 1. The second kappa shape index (κ2) is 6.88. The van der Waals surface area contributed by atoms with E-state index in [1.807, 2.05) is 48.5 Å². The van der Waals surface area contributed by atoms with Crippen LogP contribution in [0.4, 0.5) is 11.4 Å². The molecule has 0 aliphatic carbocycles. The highest BCUT2D eigenvalue weighted by Crippen LogP contribution is 2.34. The quantitative estimate of drug-likeness (QED) is 0.444. The molecule has 3 heteroatoms. The SMILES string of the molecule is Clc1ccc(-n2ccc(Nc3ccccc3)c2-c2ccccc2)cc1. The lowest BCUT2D eigenvalue weighted by molar-refractivity contribution is 1.09. The zero-order chi connectivity index (χ0) is 17.1. The molecule has 122 valence electrons. The average Bonchev–Trinajstić information content (AvgIpc) is 3.07. The molecule has 3 aromatic carbocycles. The van der Waals surface area contributed by atoms with Crippen LogP contribution < -0.4 is 5.32 Å². The van der Waals surface area contributed by atoms with Gasteiger partial charge in [0.15, 0.2) is 0 Å². The Morgan fingerprint density at radius 1 is 0.680 bits per heavy atom. The molecular weight excluding hydrogens is 328 g/mol. The van der Waals surface area contributed by atoms with Crippen LogP contribution in [0, 0.1) is 0 Å². The predicted molar refractivity (Wildman–Crippen MR) is 106 cm³/mol. The molecule has 0 spiro atoms. The van der Waals surface area contributed by atoms with Gasteiger partial charge in [0.05, 0.1) is 11.4 Å². The molecule has 0 saturated heterocycles. The minimum atomic E-state index is 0.736. The first-order valence-corrected chi connectivity index (χ1v) is 8.54. The summed E-state index contributed by atoms with van der Waals surface area (Å²) in [7, 11) is 0. The Balaban J connectivity index is 1.83. The number of para-hydroxylation sites is 1. The highest BCUT2D eigenvalue weighted by Gasteiger charge is 2.13. The van der Waals surface area contributed by atoms with Gasteiger partial charge in [-0.15, -0.1) is 0 Å². The van der Waals surface area contributed by atoms with Gasteiger partial charge in [0.1, 0.15) is 0 Å². The molecule has 0 aliphatic rings. The fraction of sp³-hybridized carbons (Fsp3) is 0. The highest BCUT2D eigenvalue weighted by atomic mass is 35.5. The molecule has 0 unspecified atom stereocenters. The van der Waals surface area contributed by atoms with Gasteiger partial charge in [0.2, 0.25) is 0 Å². The van der Waals surface area contributed by atoms with Gasteiger partial charge in [-0.05, 0) is 42.5 Å². The molecule has 2 nitrogen and oxygen atoms in total. The maximum absolute atomic E-state index is 6.05. The molecule has 0 radical (unpaired) electrons. The standard InChI is InChI=1S/C22H17ClN2/c23-18-11-13-20(14-12-18)25-16-15-21(24-19-9-5-2-6-10-19)22(25)17-7-3-1-4-8-17/h1-16,24H. The molecule has 1 N–H and O–H groups in total. The van der Waals surface area contributed by atoms with Gasteiger partial charge in [0, 0.05) is 28.2 Å². The Morgan fingerprint density at radius 3 is 2.00 bits per heavy atom. The van der Waals surface area contributed by atoms with E-state index in [1.54, 1.807) is 0 Å². The van der Waals surface area contributed by atoms with Crippen molar-refractivity contribution in [2.75, 3.05) is 5.32 Å². The summed E-state index contributed by atoms with van der Waals surface area (Å²) < 4.78 is 2.18. The summed E-state index contributed by atoms with van der Waals surface area (Å²) in [6.45, 7) is 0. The van der Waals surface area contributed by atoms with Gasteiger partial charge in [-0.1, -0.05) is 60.1 Å². The Morgan fingerprint density at radius 2 is 1.32 bits per heavy atom. The third-order valence-corrected chi connectivity index (χ3v) is 4.34. The summed E-state index contributed by atoms with van der Waals surface area (Å²) in [5.74, 6) is 0. The third kappa shape index (κ3) is 3.30. The molecule has 0 atom stereocenters. The van der Waals surface area contributed by atoms with Gasteiger partial charge >= 0.3 is 0 Å². The van der Waals surface area contributed by atoms with Gasteiger partial charge in [0.25, 0.3) is 0 Å². The van der Waals surface area contributed by atoms with E-state index in [9.17, 15) is 0 Å². The van der Waals surface area contributed by atoms with E-state index < -0.39 is 0 Å². The van der Waals surface area contributed by atoms with Gasteiger partial charge < -0.3 is 9.88 Å². The minimum absolute atomic E-state index is 0.736. The van der Waals surface area contributed by atoms with Crippen LogP contribution in [0.2, 0.25) is 5.02 Å². The Labute approximate surface area is 152 Å². The van der Waals surface area contributed by atoms with E-state index in [2.05, 4.69) is 58.5 Å². The van der Waals surface area contributed by atoms with Gasteiger partial charge in [-0.2, -0.15) is 0 Å². The average molecular weight is 345 g/mol. The summed E-state index contributed by atoms with van der Waals surface area (Å²) >= 11 is 6.05. The van der Waals surface area contributed by atoms with Crippen LogP contribution in [0.3, 0.4) is 0 Å². The molecule has 25 heavy (non-hydrogen) atoms. The van der Waals surface area contributed by atoms with Crippen molar-refractivity contribution in [1.82, 2.24) is 4.57 Å². The van der Waals surface area contributed by atoms with Crippen molar-refractivity contribution < 1.29 is 0 Å². The number of rotatable bonds is 4. The summed E-state index contributed by atoms with van der Waals surface area (Å²) in [5.41, 5.74) is 5.47. The fourth-order valence-corrected chi connectivity index (χ4v) is 3.04. The summed E-state index contributed by atoms with van der Waals surface area (Å²) in [6.07, 6.45) is 2.08. The number of anilines is 2. The van der Waals surface area contributed by atoms with Gasteiger partial charge in [-0.3, -0.25) is 0 Å². The van der Waals surface area contributed by atoms with Crippen molar-refractivity contribution in [1.29, 1.82) is 0 Å². The second-order valence-electron chi connectivity index (χ2n) is 5.78. The molecule has 0 fully saturated rings. The number of hydrogen-bond acceptors (Lipinski definition) is 1. The maximum Gasteiger partial charge on any atom is 0.0765 e. The number of halogens is 1. The molecule has 0 bridgehead atoms. The van der Waals surface area contributed by atoms with Crippen molar-refractivity contribution in [2.24, 2.45) is 0 Å². The van der Waals surface area contributed by atoms with Crippen LogP contribution in [0.5, 0.6) is 0 Å². The zero-order valence-corrected chi connectivity index (χ0v) is 14.3. The molecule has 1 heterocycles. The van der Waals surface area contributed by atoms with Crippen molar-refractivity contribution in [3.63, 3.8) is 0 Å². The van der Waals surface area contributed by atoms with E-state index in [1.165, 1.54) is 0 Å². The first-order valence-electron chi connectivity index (χ1n) is 8.16. The number of hydrogen-bond donors (Lipinski definition) is 1. The van der Waals surface area contributed by atoms with Crippen molar-refractivity contribution in [3.8, 4) is 16.9 Å². The highest BCUT2D eigenvalue weighted by molar-refractivity contribution is 6.30. The topological polar surface area (TPSA) is 17.0 Å². The number of benzene rings is 3. The zero-order valence-electron chi connectivity index (χ0n) is 13.6. The van der Waals surface area contributed by atoms with E-state index >= 15 is 0 Å². The number of nitrogens with zero attached hydrogens (tertiary/aromatic N) is 1. The predicted octanol–water partition coefficient (Wildman–Crippen LogP) is 6.54. The van der Waals surface area contributed by atoms with Crippen LogP contribution in [-0.4, -0.2) is 4.57 Å². The number of aromatic nitrogens is 1. The summed E-state index contributed by atoms with van der Waals surface area (Å²) in [4.78, 5) is 0. The Bertz CT molecular complexity index is 958. The Hall–Kier alpha value is -2.97. The van der Waals surface area contributed by atoms with Crippen molar-refractivity contribution in [3.05, 3.63) is 102 Å². The molecule has 0 saturated carbocycles. The van der Waals surface area contributed by atoms with Crippen LogP contribution >= 0.6 is 11.6 Å². The first kappa shape index (κ1) is 15.6. The van der Waals surface area contributed by atoms with Crippen molar-refractivity contribution >= 4 is 23.0 Å². The van der Waals surface area contributed by atoms with Crippen LogP contribution in [0.15, 0.2) is 97.2 Å². The summed E-state index contributed by atoms with van der Waals surface area (Å²) in [6, 6.07) is 30.6. The molecular formula is C22H17ClN2. The smallest absolute Gasteiger partial charge is 0.0765 e. The lowest BCUT2D eigenvalue weighted by Crippen LogP contribution is -1.98. The summed E-state index contributed by atoms with van der Waals surface area (Å²) in [5, 5.41) is 4.26. The maximum atomic E-state index is 6.05. The van der Waals surface area contributed by atoms with Crippen molar-refractivity contribution in [2.45, 2.75) is 0 Å². The largest absolute Gasteiger partial charge is 0.354 e. The fourth-order valence-electron chi connectivity index (χ4n) is 2.92. The molecule has 0 amide bonds. The van der Waals surface area contributed by atoms with E-state index in [4.69, 9.17) is 11.6 Å². The lowest BCUT2D eigenvalue weighted by Gasteiger charge is -2.13. The van der Waals surface area contributed by atoms with E-state index in [0.717, 1.165) is 33.3 Å².